The molecule has 5 heteroatoms. The Labute approximate surface area is 62.2 Å². The predicted octanol–water partition coefficient (Wildman–Crippen LogP) is -0.562. The Balaban J connectivity index is 4.11. The molecular formula is C5H13BN4. The van der Waals surface area contributed by atoms with Gasteiger partial charge in [0.25, 0.3) is 0 Å². The normalized spacial score (nSPS) is 9.80. The summed E-state index contributed by atoms with van der Waals surface area (Å²) in [5, 5.41) is 0. The molecule has 0 atom stereocenters. The van der Waals surface area contributed by atoms with Crippen molar-refractivity contribution in [3.63, 3.8) is 0 Å². The molecule has 0 aliphatic rings. The summed E-state index contributed by atoms with van der Waals surface area (Å²) >= 11 is 0. The molecule has 0 aromatic carbocycles. The van der Waals surface area contributed by atoms with Gasteiger partial charge in [-0.3, -0.25) is 0 Å². The summed E-state index contributed by atoms with van der Waals surface area (Å²) < 4.78 is 0. The minimum Gasteiger partial charge on any atom is -0.363 e. The summed E-state index contributed by atoms with van der Waals surface area (Å²) in [5.74, 6) is 0. The first kappa shape index (κ1) is 9.36. The van der Waals surface area contributed by atoms with Crippen molar-refractivity contribution in [3.05, 3.63) is 5.53 Å². The Morgan fingerprint density at radius 3 is 1.70 bits per heavy atom. The van der Waals surface area contributed by atoms with E-state index in [0.717, 1.165) is 0 Å². The molecule has 10 heavy (non-hydrogen) atoms. The highest BCUT2D eigenvalue weighted by atomic mass is 15.2. The highest BCUT2D eigenvalue weighted by Gasteiger charge is 2.22. The van der Waals surface area contributed by atoms with Crippen LogP contribution in [0.2, 0.25) is 0 Å². The molecule has 0 bridgehead atoms. The second-order valence-electron chi connectivity index (χ2n) is 2.61. The van der Waals surface area contributed by atoms with Gasteiger partial charge in [-0.2, -0.15) is 4.79 Å². The zero-order chi connectivity index (χ0) is 8.15. The van der Waals surface area contributed by atoms with Crippen LogP contribution in [0.25, 0.3) is 5.53 Å². The Morgan fingerprint density at radius 1 is 1.20 bits per heavy atom. The molecule has 0 radical (unpaired) electrons. The summed E-state index contributed by atoms with van der Waals surface area (Å²) in [7, 11) is 7.69. The Morgan fingerprint density at radius 2 is 1.60 bits per heavy atom. The van der Waals surface area contributed by atoms with Crippen LogP contribution in [0.3, 0.4) is 0 Å². The lowest BCUT2D eigenvalue weighted by molar-refractivity contribution is 0.00605. The third-order valence-corrected chi connectivity index (χ3v) is 1.26. The van der Waals surface area contributed by atoms with Crippen LogP contribution in [-0.4, -0.2) is 55.7 Å². The molecule has 56 valence electrons. The highest BCUT2D eigenvalue weighted by molar-refractivity contribution is 6.79. The van der Waals surface area contributed by atoms with Crippen molar-refractivity contribution >= 4 is 13.1 Å². The van der Waals surface area contributed by atoms with Gasteiger partial charge in [0.05, 0.1) is 0 Å². The SMILES string of the molecule is CN(C)B(C=[N+]=[N-])N(C)C. The average Bonchev–Trinajstić information content (AvgIpc) is 1.81. The molecule has 0 saturated heterocycles. The number of nitrogens with zero attached hydrogens (tertiary/aromatic N) is 4. The van der Waals surface area contributed by atoms with Crippen molar-refractivity contribution in [2.75, 3.05) is 28.2 Å². The molecule has 0 rings (SSSR count). The van der Waals surface area contributed by atoms with Crippen LogP contribution in [0.1, 0.15) is 0 Å². The first-order chi connectivity index (χ1) is 4.59. The van der Waals surface area contributed by atoms with E-state index in [9.17, 15) is 0 Å². The standard InChI is InChI=1S/C5H13BN4/c1-9(2)6(5-8-7)10(3)4/h5H,1-4H3. The molecule has 4 nitrogen and oxygen atoms in total. The molecule has 0 aromatic heterocycles. The fraction of sp³-hybridized carbons (Fsp3) is 0.800. The van der Waals surface area contributed by atoms with E-state index in [1.54, 1.807) is 0 Å². The van der Waals surface area contributed by atoms with E-state index in [-0.39, 0.29) is 6.98 Å². The lowest BCUT2D eigenvalue weighted by atomic mass is 9.75. The van der Waals surface area contributed by atoms with E-state index in [2.05, 4.69) is 4.79 Å². The van der Waals surface area contributed by atoms with E-state index in [0.29, 0.717) is 0 Å². The number of hydrogen-bond acceptors (Lipinski definition) is 2. The minimum atomic E-state index is 0.0602. The molecule has 0 amide bonds. The Hall–Kier alpha value is -0.635. The van der Waals surface area contributed by atoms with Gasteiger partial charge in [0, 0.05) is 0 Å². The predicted molar refractivity (Wildman–Crippen MR) is 42.8 cm³/mol. The van der Waals surface area contributed by atoms with Crippen molar-refractivity contribution in [1.29, 1.82) is 0 Å². The van der Waals surface area contributed by atoms with Gasteiger partial charge in [0.2, 0.25) is 6.11 Å². The lowest BCUT2D eigenvalue weighted by Crippen LogP contribution is -2.47. The van der Waals surface area contributed by atoms with Crippen molar-refractivity contribution in [2.24, 2.45) is 0 Å². The van der Waals surface area contributed by atoms with Crippen molar-refractivity contribution in [2.45, 2.75) is 0 Å². The summed E-state index contributed by atoms with van der Waals surface area (Å²) in [5.41, 5.74) is 8.25. The third kappa shape index (κ3) is 2.78. The molecule has 0 aromatic rings. The van der Waals surface area contributed by atoms with Gasteiger partial charge in [0.1, 0.15) is 0 Å². The van der Waals surface area contributed by atoms with Gasteiger partial charge in [-0.05, 0) is 28.2 Å². The third-order valence-electron chi connectivity index (χ3n) is 1.26. The molecule has 0 unspecified atom stereocenters. The van der Waals surface area contributed by atoms with Crippen molar-refractivity contribution in [1.82, 2.24) is 9.62 Å². The lowest BCUT2D eigenvalue weighted by Gasteiger charge is -2.18. The smallest absolute Gasteiger partial charge is 0.363 e. The Kier molecular flexibility index (Phi) is 3.96. The van der Waals surface area contributed by atoms with Gasteiger partial charge < -0.3 is 15.2 Å². The average molecular weight is 140 g/mol. The van der Waals surface area contributed by atoms with Crippen molar-refractivity contribution < 1.29 is 4.79 Å². The molecular weight excluding hydrogens is 127 g/mol. The summed E-state index contributed by atoms with van der Waals surface area (Å²) in [6, 6.07) is 0. The van der Waals surface area contributed by atoms with Crippen LogP contribution < -0.4 is 0 Å². The van der Waals surface area contributed by atoms with Gasteiger partial charge in [-0.15, -0.1) is 0 Å². The van der Waals surface area contributed by atoms with E-state index in [1.165, 1.54) is 6.11 Å². The number of rotatable bonds is 3. The maximum atomic E-state index is 8.25. The first-order valence-electron chi connectivity index (χ1n) is 3.10. The van der Waals surface area contributed by atoms with Crippen LogP contribution in [0.5, 0.6) is 0 Å². The van der Waals surface area contributed by atoms with E-state index in [1.807, 2.05) is 37.8 Å². The minimum absolute atomic E-state index is 0.0602. The monoisotopic (exact) mass is 140 g/mol. The molecule has 0 aliphatic heterocycles. The summed E-state index contributed by atoms with van der Waals surface area (Å²) in [4.78, 5) is 6.86. The molecule has 0 fully saturated rings. The van der Waals surface area contributed by atoms with Gasteiger partial charge in [-0.25, -0.2) is 0 Å². The number of hydrogen-bond donors (Lipinski definition) is 0. The van der Waals surface area contributed by atoms with Gasteiger partial charge >= 0.3 is 6.98 Å². The molecule has 0 aliphatic carbocycles. The summed E-state index contributed by atoms with van der Waals surface area (Å²) in [6.07, 6.45) is 1.47. The Bertz CT molecular complexity index is 131. The zero-order valence-corrected chi connectivity index (χ0v) is 6.94. The second kappa shape index (κ2) is 4.22. The van der Waals surface area contributed by atoms with E-state index in [4.69, 9.17) is 5.53 Å². The van der Waals surface area contributed by atoms with Crippen LogP contribution in [0.15, 0.2) is 0 Å². The van der Waals surface area contributed by atoms with Crippen LogP contribution >= 0.6 is 0 Å². The second-order valence-corrected chi connectivity index (χ2v) is 2.61. The van der Waals surface area contributed by atoms with Crippen LogP contribution in [0.4, 0.5) is 0 Å². The van der Waals surface area contributed by atoms with Gasteiger partial charge in [-0.1, -0.05) is 0 Å². The van der Waals surface area contributed by atoms with Crippen LogP contribution in [0, 0.1) is 0 Å². The van der Waals surface area contributed by atoms with Crippen molar-refractivity contribution in [3.8, 4) is 0 Å². The molecule has 0 spiro atoms. The molecule has 0 heterocycles. The topological polar surface area (TPSA) is 42.9 Å². The maximum absolute atomic E-state index is 8.25. The van der Waals surface area contributed by atoms with E-state index >= 15 is 0 Å². The van der Waals surface area contributed by atoms with E-state index < -0.39 is 0 Å². The first-order valence-corrected chi connectivity index (χ1v) is 3.10. The van der Waals surface area contributed by atoms with Crippen LogP contribution in [-0.2, 0) is 0 Å². The fourth-order valence-corrected chi connectivity index (χ4v) is 0.788. The largest absolute Gasteiger partial charge is 0.438 e. The summed E-state index contributed by atoms with van der Waals surface area (Å²) in [6.45, 7) is 0.0602. The maximum Gasteiger partial charge on any atom is 0.438 e. The molecule has 0 N–H and O–H groups in total. The fourth-order valence-electron chi connectivity index (χ4n) is 0.788. The highest BCUT2D eigenvalue weighted by Crippen LogP contribution is 1.85. The quantitative estimate of drug-likeness (QED) is 0.228. The van der Waals surface area contributed by atoms with Gasteiger partial charge in [0.15, 0.2) is 0 Å². The molecule has 0 saturated carbocycles. The zero-order valence-electron chi connectivity index (χ0n) is 6.94.